The highest BCUT2D eigenvalue weighted by Gasteiger charge is 2.43. The second-order valence-corrected chi connectivity index (χ2v) is 8.85. The molecule has 3 aromatic rings. The fourth-order valence-corrected chi connectivity index (χ4v) is 4.73. The van der Waals surface area contributed by atoms with Crippen LogP contribution in [0.3, 0.4) is 0 Å². The van der Waals surface area contributed by atoms with Crippen LogP contribution in [0.4, 0.5) is 11.6 Å². The summed E-state index contributed by atoms with van der Waals surface area (Å²) in [4.78, 5) is 41.8. The van der Waals surface area contributed by atoms with Crippen LogP contribution in [0.25, 0.3) is 5.57 Å². The number of carbonyl (C=O) groups is 2. The molecule has 0 radical (unpaired) electrons. The Morgan fingerprint density at radius 3 is 2.09 bits per heavy atom. The largest absolute Gasteiger partial charge is 0.363 e. The number of carbonyl (C=O) groups excluding carboxylic acids is 2. The molecular weight excluding hydrogens is 426 g/mol. The van der Waals surface area contributed by atoms with E-state index in [0.717, 1.165) is 22.3 Å². The lowest BCUT2D eigenvalue weighted by Gasteiger charge is -2.36. The summed E-state index contributed by atoms with van der Waals surface area (Å²) in [5, 5.41) is 0. The van der Waals surface area contributed by atoms with Crippen molar-refractivity contribution in [2.45, 2.75) is 20.8 Å². The minimum Gasteiger partial charge on any atom is -0.363 e. The zero-order chi connectivity index (χ0) is 23.8. The van der Waals surface area contributed by atoms with Gasteiger partial charge in [0.1, 0.15) is 5.70 Å². The van der Waals surface area contributed by atoms with Crippen molar-refractivity contribution >= 4 is 29.0 Å². The molecule has 1 aromatic heterocycles. The fraction of sp³-hybridized carbons (Fsp3) is 0.259. The molecule has 0 atom stereocenters. The number of rotatable bonds is 4. The van der Waals surface area contributed by atoms with E-state index in [1.54, 1.807) is 18.5 Å². The molecule has 0 saturated carbocycles. The number of nitrogens with zero attached hydrogens (tertiary/aromatic N) is 5. The third kappa shape index (κ3) is 3.83. The first-order valence-corrected chi connectivity index (χ1v) is 11.5. The van der Waals surface area contributed by atoms with Crippen molar-refractivity contribution in [3.8, 4) is 0 Å². The van der Waals surface area contributed by atoms with Gasteiger partial charge in [0, 0.05) is 38.6 Å². The molecule has 1 saturated heterocycles. The topological polar surface area (TPSA) is 69.6 Å². The molecule has 0 N–H and O–H groups in total. The van der Waals surface area contributed by atoms with E-state index in [9.17, 15) is 9.59 Å². The number of imide groups is 1. The van der Waals surface area contributed by atoms with Crippen molar-refractivity contribution in [2.75, 3.05) is 36.0 Å². The van der Waals surface area contributed by atoms with Gasteiger partial charge in [-0.05, 0) is 55.7 Å². The van der Waals surface area contributed by atoms with E-state index in [1.165, 1.54) is 4.90 Å². The zero-order valence-corrected chi connectivity index (χ0v) is 19.7. The lowest BCUT2D eigenvalue weighted by molar-refractivity contribution is -0.120. The van der Waals surface area contributed by atoms with E-state index >= 15 is 0 Å². The third-order valence-corrected chi connectivity index (χ3v) is 6.40. The summed E-state index contributed by atoms with van der Waals surface area (Å²) in [7, 11) is 0. The number of anilines is 2. The molecule has 0 bridgehead atoms. The van der Waals surface area contributed by atoms with Crippen molar-refractivity contribution in [2.24, 2.45) is 0 Å². The molecule has 34 heavy (non-hydrogen) atoms. The summed E-state index contributed by atoms with van der Waals surface area (Å²) in [6.45, 7) is 8.51. The second kappa shape index (κ2) is 8.74. The Hall–Kier alpha value is -4.00. The standard InChI is InChI=1S/C27H27N5O2/c1-18-6-4-7-21(17-18)32-25(33)23(22-9-8-19(2)16-20(22)3)24(26(32)34)30-12-14-31(15-13-30)27-28-10-5-11-29-27/h4-11,16-17H,12-15H2,1-3H3. The lowest BCUT2D eigenvalue weighted by Crippen LogP contribution is -2.48. The van der Waals surface area contributed by atoms with Crippen LogP contribution < -0.4 is 9.80 Å². The summed E-state index contributed by atoms with van der Waals surface area (Å²) in [6, 6.07) is 15.3. The lowest BCUT2D eigenvalue weighted by atomic mass is 9.97. The Balaban J connectivity index is 1.54. The SMILES string of the molecule is Cc1cccc(N2C(=O)C(c3ccc(C)cc3C)=C(N3CCN(c4ncccn4)CC3)C2=O)c1. The van der Waals surface area contributed by atoms with Crippen molar-refractivity contribution < 1.29 is 9.59 Å². The van der Waals surface area contributed by atoms with E-state index in [4.69, 9.17) is 0 Å². The number of hydrogen-bond donors (Lipinski definition) is 0. The summed E-state index contributed by atoms with van der Waals surface area (Å²) >= 11 is 0. The first-order valence-electron chi connectivity index (χ1n) is 11.5. The number of hydrogen-bond acceptors (Lipinski definition) is 6. The van der Waals surface area contributed by atoms with Crippen LogP contribution in [-0.4, -0.2) is 52.9 Å². The predicted molar refractivity (Wildman–Crippen MR) is 132 cm³/mol. The number of amides is 2. The van der Waals surface area contributed by atoms with Gasteiger partial charge in [0.2, 0.25) is 5.95 Å². The molecule has 0 spiro atoms. The van der Waals surface area contributed by atoms with Crippen LogP contribution in [0.2, 0.25) is 0 Å². The second-order valence-electron chi connectivity index (χ2n) is 8.85. The Kier molecular flexibility index (Phi) is 5.61. The van der Waals surface area contributed by atoms with E-state index < -0.39 is 0 Å². The van der Waals surface area contributed by atoms with Gasteiger partial charge in [-0.15, -0.1) is 0 Å². The summed E-state index contributed by atoms with van der Waals surface area (Å²) in [5.74, 6) is 0.141. The van der Waals surface area contributed by atoms with Gasteiger partial charge < -0.3 is 9.80 Å². The summed E-state index contributed by atoms with van der Waals surface area (Å²) < 4.78 is 0. The van der Waals surface area contributed by atoms with Crippen LogP contribution >= 0.6 is 0 Å². The monoisotopic (exact) mass is 453 g/mol. The average Bonchev–Trinajstić information content (AvgIpc) is 3.09. The fourth-order valence-electron chi connectivity index (χ4n) is 4.73. The molecule has 0 unspecified atom stereocenters. The van der Waals surface area contributed by atoms with Gasteiger partial charge in [-0.2, -0.15) is 0 Å². The summed E-state index contributed by atoms with van der Waals surface area (Å²) in [6.07, 6.45) is 3.46. The maximum Gasteiger partial charge on any atom is 0.282 e. The Labute approximate surface area is 199 Å². The molecule has 2 aliphatic rings. The molecule has 0 aliphatic carbocycles. The van der Waals surface area contributed by atoms with Crippen LogP contribution in [0, 0.1) is 20.8 Å². The zero-order valence-electron chi connectivity index (χ0n) is 19.7. The molecule has 1 fully saturated rings. The molecule has 5 rings (SSSR count). The van der Waals surface area contributed by atoms with Gasteiger partial charge >= 0.3 is 0 Å². The quantitative estimate of drug-likeness (QED) is 0.563. The van der Waals surface area contributed by atoms with Crippen molar-refractivity contribution in [3.63, 3.8) is 0 Å². The van der Waals surface area contributed by atoms with Gasteiger partial charge in [-0.1, -0.05) is 35.9 Å². The van der Waals surface area contributed by atoms with Gasteiger partial charge in [-0.3, -0.25) is 9.59 Å². The van der Waals surface area contributed by atoms with Crippen molar-refractivity contribution in [3.05, 3.63) is 88.9 Å². The maximum atomic E-state index is 13.8. The highest BCUT2D eigenvalue weighted by Crippen LogP contribution is 2.36. The first-order chi connectivity index (χ1) is 16.4. The number of piperazine rings is 1. The normalized spacial score (nSPS) is 16.6. The molecule has 172 valence electrons. The van der Waals surface area contributed by atoms with E-state index in [-0.39, 0.29) is 11.8 Å². The smallest absolute Gasteiger partial charge is 0.282 e. The third-order valence-electron chi connectivity index (χ3n) is 6.40. The van der Waals surface area contributed by atoms with Crippen LogP contribution in [0.15, 0.2) is 66.6 Å². The summed E-state index contributed by atoms with van der Waals surface area (Å²) in [5.41, 5.74) is 5.46. The molecule has 2 amide bonds. The maximum absolute atomic E-state index is 13.8. The Morgan fingerprint density at radius 2 is 1.41 bits per heavy atom. The average molecular weight is 454 g/mol. The van der Waals surface area contributed by atoms with Crippen LogP contribution in [0.5, 0.6) is 0 Å². The Bertz CT molecular complexity index is 1290. The minimum absolute atomic E-state index is 0.269. The Morgan fingerprint density at radius 1 is 0.735 bits per heavy atom. The van der Waals surface area contributed by atoms with Gasteiger partial charge in [0.25, 0.3) is 11.8 Å². The first kappa shape index (κ1) is 21.8. The van der Waals surface area contributed by atoms with E-state index in [0.29, 0.717) is 49.1 Å². The minimum atomic E-state index is -0.272. The molecule has 2 aliphatic heterocycles. The van der Waals surface area contributed by atoms with Crippen molar-refractivity contribution in [1.82, 2.24) is 14.9 Å². The number of aryl methyl sites for hydroxylation is 3. The number of benzene rings is 2. The van der Waals surface area contributed by atoms with Crippen molar-refractivity contribution in [1.29, 1.82) is 0 Å². The molecule has 7 heteroatoms. The van der Waals surface area contributed by atoms with Crippen LogP contribution in [-0.2, 0) is 9.59 Å². The van der Waals surface area contributed by atoms with E-state index in [1.807, 2.05) is 62.1 Å². The van der Waals surface area contributed by atoms with Gasteiger partial charge in [0.15, 0.2) is 0 Å². The highest BCUT2D eigenvalue weighted by atomic mass is 16.2. The molecule has 3 heterocycles. The molecule has 7 nitrogen and oxygen atoms in total. The molecular formula is C27H27N5O2. The highest BCUT2D eigenvalue weighted by molar-refractivity contribution is 6.45. The predicted octanol–water partition coefficient (Wildman–Crippen LogP) is 3.51. The number of aromatic nitrogens is 2. The van der Waals surface area contributed by atoms with Crippen LogP contribution in [0.1, 0.15) is 22.3 Å². The molecule has 2 aromatic carbocycles. The van der Waals surface area contributed by atoms with Gasteiger partial charge in [-0.25, -0.2) is 14.9 Å². The van der Waals surface area contributed by atoms with E-state index in [2.05, 4.69) is 20.9 Å². The van der Waals surface area contributed by atoms with Gasteiger partial charge in [0.05, 0.1) is 11.3 Å².